The second-order valence-corrected chi connectivity index (χ2v) is 4.31. The van der Waals surface area contributed by atoms with Crippen molar-refractivity contribution in [2.45, 2.75) is 12.8 Å². The maximum absolute atomic E-state index is 5.57. The summed E-state index contributed by atoms with van der Waals surface area (Å²) in [5.41, 5.74) is 2.34. The Morgan fingerprint density at radius 1 is 0.944 bits per heavy atom. The van der Waals surface area contributed by atoms with E-state index < -0.39 is 0 Å². The molecule has 3 nitrogen and oxygen atoms in total. The minimum absolute atomic E-state index is 0.227. The highest BCUT2D eigenvalue weighted by Gasteiger charge is 2.26. The molecule has 2 aromatic rings. The smallest absolute Gasteiger partial charge is 0.245 e. The molecular formula is C15H16NO2+. The molecule has 1 fully saturated rings. The molecule has 1 aliphatic rings. The van der Waals surface area contributed by atoms with Crippen LogP contribution in [0.3, 0.4) is 0 Å². The van der Waals surface area contributed by atoms with E-state index in [9.17, 15) is 0 Å². The molecule has 0 N–H and O–H groups in total. The molecule has 2 heterocycles. The van der Waals surface area contributed by atoms with Crippen LogP contribution in [-0.4, -0.2) is 13.2 Å². The van der Waals surface area contributed by atoms with Gasteiger partial charge in [0.15, 0.2) is 12.7 Å². The van der Waals surface area contributed by atoms with Crippen molar-refractivity contribution in [3.05, 3.63) is 66.0 Å². The number of hydrogen-bond acceptors (Lipinski definition) is 2. The van der Waals surface area contributed by atoms with Crippen molar-refractivity contribution in [2.75, 3.05) is 13.2 Å². The van der Waals surface area contributed by atoms with E-state index in [-0.39, 0.29) is 6.29 Å². The SMILES string of the molecule is c1ccc(C[n+]2ccccc2C2OCCO2)cc1. The van der Waals surface area contributed by atoms with Crippen molar-refractivity contribution in [1.29, 1.82) is 0 Å². The molecule has 0 amide bonds. The number of benzene rings is 1. The van der Waals surface area contributed by atoms with Gasteiger partial charge in [0.25, 0.3) is 0 Å². The van der Waals surface area contributed by atoms with E-state index in [0.717, 1.165) is 12.2 Å². The van der Waals surface area contributed by atoms with Crippen LogP contribution in [0.2, 0.25) is 0 Å². The molecule has 92 valence electrons. The van der Waals surface area contributed by atoms with Gasteiger partial charge >= 0.3 is 0 Å². The topological polar surface area (TPSA) is 22.3 Å². The van der Waals surface area contributed by atoms with Gasteiger partial charge in [-0.25, -0.2) is 0 Å². The highest BCUT2D eigenvalue weighted by Crippen LogP contribution is 2.20. The Balaban J connectivity index is 1.87. The second-order valence-electron chi connectivity index (χ2n) is 4.31. The van der Waals surface area contributed by atoms with Crippen molar-refractivity contribution >= 4 is 0 Å². The highest BCUT2D eigenvalue weighted by atomic mass is 16.7. The molecule has 1 saturated heterocycles. The molecule has 3 heteroatoms. The van der Waals surface area contributed by atoms with Gasteiger partial charge in [0.1, 0.15) is 0 Å². The lowest BCUT2D eigenvalue weighted by atomic mass is 10.2. The summed E-state index contributed by atoms with van der Waals surface area (Å²) in [5, 5.41) is 0. The first-order chi connectivity index (χ1) is 8.93. The molecule has 3 rings (SSSR count). The Bertz CT molecular complexity index is 507. The molecule has 1 aromatic heterocycles. The highest BCUT2D eigenvalue weighted by molar-refractivity contribution is 5.13. The van der Waals surface area contributed by atoms with Gasteiger partial charge in [-0.15, -0.1) is 0 Å². The molecule has 0 spiro atoms. The first kappa shape index (κ1) is 11.4. The minimum atomic E-state index is -0.227. The number of hydrogen-bond donors (Lipinski definition) is 0. The molecule has 0 atom stereocenters. The molecule has 1 aliphatic heterocycles. The van der Waals surface area contributed by atoms with Crippen molar-refractivity contribution < 1.29 is 14.0 Å². The zero-order chi connectivity index (χ0) is 12.2. The van der Waals surface area contributed by atoms with Crippen molar-refractivity contribution in [3.63, 3.8) is 0 Å². The average molecular weight is 242 g/mol. The van der Waals surface area contributed by atoms with Gasteiger partial charge in [0.2, 0.25) is 12.0 Å². The summed E-state index contributed by atoms with van der Waals surface area (Å²) in [4.78, 5) is 0. The second kappa shape index (κ2) is 5.29. The summed E-state index contributed by atoms with van der Waals surface area (Å²) in [6, 6.07) is 16.5. The van der Waals surface area contributed by atoms with E-state index in [2.05, 4.69) is 41.1 Å². The maximum atomic E-state index is 5.57. The number of aromatic nitrogens is 1. The molecule has 0 bridgehead atoms. The van der Waals surface area contributed by atoms with Gasteiger partial charge in [-0.2, -0.15) is 4.57 Å². The van der Waals surface area contributed by atoms with Gasteiger partial charge in [-0.1, -0.05) is 30.3 Å². The van der Waals surface area contributed by atoms with Crippen LogP contribution in [0.15, 0.2) is 54.7 Å². The summed E-state index contributed by atoms with van der Waals surface area (Å²) >= 11 is 0. The number of rotatable bonds is 3. The summed E-state index contributed by atoms with van der Waals surface area (Å²) in [6.45, 7) is 2.18. The zero-order valence-electron chi connectivity index (χ0n) is 10.2. The standard InChI is InChI=1S/C15H16NO2/c1-2-6-13(7-3-1)12-16-9-5-4-8-14(16)15-17-10-11-18-15/h1-9,15H,10-12H2/q+1. The molecule has 1 aromatic carbocycles. The van der Waals surface area contributed by atoms with Gasteiger partial charge in [-0.3, -0.25) is 0 Å². The fraction of sp³-hybridized carbons (Fsp3) is 0.267. The van der Waals surface area contributed by atoms with Crippen LogP contribution in [0, 0.1) is 0 Å². The maximum Gasteiger partial charge on any atom is 0.245 e. The van der Waals surface area contributed by atoms with Crippen LogP contribution in [0.25, 0.3) is 0 Å². The van der Waals surface area contributed by atoms with E-state index >= 15 is 0 Å². The van der Waals surface area contributed by atoms with E-state index in [1.807, 2.05) is 18.2 Å². The summed E-state index contributed by atoms with van der Waals surface area (Å²) in [6.07, 6.45) is 1.84. The van der Waals surface area contributed by atoms with E-state index in [0.29, 0.717) is 13.2 Å². The van der Waals surface area contributed by atoms with E-state index in [1.54, 1.807) is 0 Å². The molecular weight excluding hydrogens is 226 g/mol. The summed E-state index contributed by atoms with van der Waals surface area (Å²) in [7, 11) is 0. The van der Waals surface area contributed by atoms with Gasteiger partial charge < -0.3 is 9.47 Å². The largest absolute Gasteiger partial charge is 0.341 e. The Hall–Kier alpha value is -1.71. The molecule has 0 saturated carbocycles. The lowest BCUT2D eigenvalue weighted by Gasteiger charge is -2.08. The molecule has 18 heavy (non-hydrogen) atoms. The lowest BCUT2D eigenvalue weighted by Crippen LogP contribution is -2.39. The fourth-order valence-electron chi connectivity index (χ4n) is 2.16. The third kappa shape index (κ3) is 2.42. The average Bonchev–Trinajstić information content (AvgIpc) is 2.94. The molecule has 0 radical (unpaired) electrons. The number of pyridine rings is 1. The summed E-state index contributed by atoms with van der Waals surface area (Å²) in [5.74, 6) is 0. The van der Waals surface area contributed by atoms with Gasteiger partial charge in [-0.05, 0) is 6.07 Å². The van der Waals surface area contributed by atoms with Crippen LogP contribution in [-0.2, 0) is 16.0 Å². The fourth-order valence-corrected chi connectivity index (χ4v) is 2.16. The van der Waals surface area contributed by atoms with Gasteiger partial charge in [0, 0.05) is 17.7 Å². The van der Waals surface area contributed by atoms with Crippen molar-refractivity contribution in [1.82, 2.24) is 0 Å². The van der Waals surface area contributed by atoms with E-state index in [1.165, 1.54) is 5.56 Å². The van der Waals surface area contributed by atoms with Crippen LogP contribution in [0.4, 0.5) is 0 Å². The molecule has 0 aliphatic carbocycles. The van der Waals surface area contributed by atoms with Gasteiger partial charge in [0.05, 0.1) is 13.2 Å². The van der Waals surface area contributed by atoms with Crippen LogP contribution in [0.5, 0.6) is 0 Å². The monoisotopic (exact) mass is 242 g/mol. The quantitative estimate of drug-likeness (QED) is 0.769. The van der Waals surface area contributed by atoms with E-state index in [4.69, 9.17) is 9.47 Å². The zero-order valence-corrected chi connectivity index (χ0v) is 10.2. The number of ether oxygens (including phenoxy) is 2. The first-order valence-corrected chi connectivity index (χ1v) is 6.19. The Morgan fingerprint density at radius 3 is 2.44 bits per heavy atom. The Kier molecular flexibility index (Phi) is 3.35. The lowest BCUT2D eigenvalue weighted by molar-refractivity contribution is -0.701. The predicted octanol–water partition coefficient (Wildman–Crippen LogP) is 2.07. The van der Waals surface area contributed by atoms with Crippen molar-refractivity contribution in [3.8, 4) is 0 Å². The van der Waals surface area contributed by atoms with Crippen LogP contribution >= 0.6 is 0 Å². The first-order valence-electron chi connectivity index (χ1n) is 6.19. The Morgan fingerprint density at radius 2 is 1.67 bits per heavy atom. The third-order valence-electron chi connectivity index (χ3n) is 3.03. The third-order valence-corrected chi connectivity index (χ3v) is 3.03. The summed E-state index contributed by atoms with van der Waals surface area (Å²) < 4.78 is 13.3. The minimum Gasteiger partial charge on any atom is -0.341 e. The predicted molar refractivity (Wildman–Crippen MR) is 66.8 cm³/mol. The Labute approximate surface area is 107 Å². The number of nitrogens with zero attached hydrogens (tertiary/aromatic N) is 1. The van der Waals surface area contributed by atoms with Crippen molar-refractivity contribution in [2.24, 2.45) is 0 Å². The normalized spacial score (nSPS) is 16.0. The van der Waals surface area contributed by atoms with Crippen LogP contribution < -0.4 is 4.57 Å². The molecule has 0 unspecified atom stereocenters. The van der Waals surface area contributed by atoms with Crippen LogP contribution in [0.1, 0.15) is 17.5 Å².